The van der Waals surface area contributed by atoms with Crippen molar-refractivity contribution in [2.75, 3.05) is 13.1 Å². The first-order valence-electron chi connectivity index (χ1n) is 6.55. The molecule has 2 rings (SSSR count). The molecule has 0 radical (unpaired) electrons. The molecule has 1 N–H and O–H groups in total. The Labute approximate surface area is 107 Å². The maximum atomic E-state index is 12.3. The van der Waals surface area contributed by atoms with Crippen LogP contribution in [0.1, 0.15) is 32.7 Å². The third-order valence-corrected chi connectivity index (χ3v) is 3.81. The Balaban J connectivity index is 1.91. The first-order valence-corrected chi connectivity index (χ1v) is 6.55. The number of rotatable bonds is 3. The Hall–Kier alpha value is -1.36. The molecule has 1 amide bonds. The Morgan fingerprint density at radius 2 is 2.06 bits per heavy atom. The Bertz CT molecular complexity index is 381. The van der Waals surface area contributed by atoms with Gasteiger partial charge in [-0.25, -0.2) is 0 Å². The van der Waals surface area contributed by atoms with Crippen LogP contribution in [0.15, 0.2) is 18.5 Å². The van der Waals surface area contributed by atoms with E-state index < -0.39 is 0 Å². The largest absolute Gasteiger partial charge is 0.393 e. The fourth-order valence-corrected chi connectivity index (χ4v) is 2.49. The van der Waals surface area contributed by atoms with Gasteiger partial charge in [0.25, 0.3) is 0 Å². The average molecular weight is 251 g/mol. The van der Waals surface area contributed by atoms with Gasteiger partial charge in [0.2, 0.25) is 5.91 Å². The van der Waals surface area contributed by atoms with E-state index in [-0.39, 0.29) is 18.1 Å². The summed E-state index contributed by atoms with van der Waals surface area (Å²) in [6.07, 6.45) is 4.99. The summed E-state index contributed by atoms with van der Waals surface area (Å²) in [5.41, 5.74) is 0. The van der Waals surface area contributed by atoms with Crippen molar-refractivity contribution in [1.29, 1.82) is 0 Å². The zero-order chi connectivity index (χ0) is 13.1. The predicted octanol–water partition coefficient (Wildman–Crippen LogP) is 1.06. The summed E-state index contributed by atoms with van der Waals surface area (Å²) >= 11 is 0. The fourth-order valence-electron chi connectivity index (χ4n) is 2.49. The van der Waals surface area contributed by atoms with E-state index >= 15 is 0 Å². The van der Waals surface area contributed by atoms with Gasteiger partial charge in [-0.3, -0.25) is 9.48 Å². The topological polar surface area (TPSA) is 58.4 Å². The van der Waals surface area contributed by atoms with Crippen LogP contribution in [0.2, 0.25) is 0 Å². The molecule has 1 aliphatic heterocycles. The molecule has 18 heavy (non-hydrogen) atoms. The summed E-state index contributed by atoms with van der Waals surface area (Å²) in [4.78, 5) is 14.2. The molecule has 0 spiro atoms. The molecular formula is C13H21N3O2. The van der Waals surface area contributed by atoms with Crippen molar-refractivity contribution < 1.29 is 9.90 Å². The van der Waals surface area contributed by atoms with Crippen molar-refractivity contribution in [2.45, 2.75) is 38.8 Å². The molecule has 0 aliphatic carbocycles. The summed E-state index contributed by atoms with van der Waals surface area (Å²) in [6, 6.07) is 1.58. The maximum absolute atomic E-state index is 12.3. The van der Waals surface area contributed by atoms with Gasteiger partial charge in [-0.2, -0.15) is 5.10 Å². The van der Waals surface area contributed by atoms with Gasteiger partial charge in [0.05, 0.1) is 6.10 Å². The predicted molar refractivity (Wildman–Crippen MR) is 67.9 cm³/mol. The molecule has 1 saturated heterocycles. The second kappa shape index (κ2) is 5.52. The monoisotopic (exact) mass is 251 g/mol. The van der Waals surface area contributed by atoms with E-state index in [0.29, 0.717) is 5.92 Å². The summed E-state index contributed by atoms with van der Waals surface area (Å²) in [5.74, 6) is 0.441. The van der Waals surface area contributed by atoms with Gasteiger partial charge in [0.15, 0.2) is 0 Å². The number of carbonyl (C=O) groups is 1. The zero-order valence-electron chi connectivity index (χ0n) is 11.0. The van der Waals surface area contributed by atoms with Crippen LogP contribution in [0.4, 0.5) is 0 Å². The number of aliphatic hydroxyl groups excluding tert-OH is 1. The van der Waals surface area contributed by atoms with Crippen molar-refractivity contribution in [2.24, 2.45) is 5.92 Å². The molecule has 2 heterocycles. The van der Waals surface area contributed by atoms with Crippen molar-refractivity contribution in [3.05, 3.63) is 18.5 Å². The normalized spacial score (nSPS) is 20.7. The first kappa shape index (κ1) is 13.1. The summed E-state index contributed by atoms with van der Waals surface area (Å²) in [5, 5.41) is 13.6. The molecule has 1 aromatic rings. The number of aliphatic hydroxyl groups is 1. The lowest BCUT2D eigenvalue weighted by molar-refractivity contribution is -0.136. The zero-order valence-corrected chi connectivity index (χ0v) is 11.0. The van der Waals surface area contributed by atoms with E-state index in [0.717, 1.165) is 25.9 Å². The number of nitrogens with zero attached hydrogens (tertiary/aromatic N) is 3. The third-order valence-electron chi connectivity index (χ3n) is 3.81. The molecule has 5 heteroatoms. The minimum atomic E-state index is -0.272. The van der Waals surface area contributed by atoms with E-state index in [1.807, 2.05) is 31.0 Å². The molecular weight excluding hydrogens is 230 g/mol. The number of piperidine rings is 1. The van der Waals surface area contributed by atoms with Gasteiger partial charge >= 0.3 is 0 Å². The Morgan fingerprint density at radius 1 is 1.39 bits per heavy atom. The fraction of sp³-hybridized carbons (Fsp3) is 0.692. The van der Waals surface area contributed by atoms with E-state index in [1.165, 1.54) is 0 Å². The number of carbonyl (C=O) groups excluding carboxylic acids is 1. The molecule has 2 atom stereocenters. The lowest BCUT2D eigenvalue weighted by Gasteiger charge is -2.34. The first-order chi connectivity index (χ1) is 8.59. The van der Waals surface area contributed by atoms with Crippen molar-refractivity contribution in [1.82, 2.24) is 14.7 Å². The average Bonchev–Trinajstić information content (AvgIpc) is 2.91. The van der Waals surface area contributed by atoms with E-state index in [9.17, 15) is 9.90 Å². The second-order valence-electron chi connectivity index (χ2n) is 5.07. The third kappa shape index (κ3) is 2.72. The lowest BCUT2D eigenvalue weighted by atomic mass is 9.92. The van der Waals surface area contributed by atoms with Crippen molar-refractivity contribution in [3.8, 4) is 0 Å². The van der Waals surface area contributed by atoms with E-state index in [4.69, 9.17) is 0 Å². The van der Waals surface area contributed by atoms with Gasteiger partial charge in [-0.15, -0.1) is 0 Å². The number of likely N-dealkylation sites (tertiary alicyclic amines) is 1. The van der Waals surface area contributed by atoms with Crippen LogP contribution in [0.3, 0.4) is 0 Å². The van der Waals surface area contributed by atoms with Crippen LogP contribution in [-0.4, -0.2) is 44.9 Å². The number of aromatic nitrogens is 2. The molecule has 5 nitrogen and oxygen atoms in total. The highest BCUT2D eigenvalue weighted by molar-refractivity contribution is 5.80. The molecule has 1 aliphatic rings. The van der Waals surface area contributed by atoms with Gasteiger partial charge in [-0.1, -0.05) is 0 Å². The van der Waals surface area contributed by atoms with Gasteiger partial charge in [-0.05, 0) is 38.7 Å². The van der Waals surface area contributed by atoms with E-state index in [1.54, 1.807) is 10.9 Å². The van der Waals surface area contributed by atoms with Gasteiger partial charge < -0.3 is 10.0 Å². The van der Waals surface area contributed by atoms with Crippen LogP contribution in [0, 0.1) is 5.92 Å². The number of amides is 1. The molecule has 0 saturated carbocycles. The van der Waals surface area contributed by atoms with Crippen LogP contribution in [0.25, 0.3) is 0 Å². The highest BCUT2D eigenvalue weighted by atomic mass is 16.3. The van der Waals surface area contributed by atoms with E-state index in [2.05, 4.69) is 5.10 Å². The molecule has 100 valence electrons. The van der Waals surface area contributed by atoms with Crippen LogP contribution in [-0.2, 0) is 4.79 Å². The summed E-state index contributed by atoms with van der Waals surface area (Å²) < 4.78 is 1.68. The minimum absolute atomic E-state index is 0.114. The summed E-state index contributed by atoms with van der Waals surface area (Å²) in [7, 11) is 0. The molecule has 2 unspecified atom stereocenters. The smallest absolute Gasteiger partial charge is 0.247 e. The Morgan fingerprint density at radius 3 is 2.56 bits per heavy atom. The van der Waals surface area contributed by atoms with Crippen LogP contribution >= 0.6 is 0 Å². The lowest BCUT2D eigenvalue weighted by Crippen LogP contribution is -2.43. The van der Waals surface area contributed by atoms with Crippen molar-refractivity contribution >= 4 is 5.91 Å². The van der Waals surface area contributed by atoms with Crippen LogP contribution in [0.5, 0.6) is 0 Å². The van der Waals surface area contributed by atoms with Crippen molar-refractivity contribution in [3.63, 3.8) is 0 Å². The number of hydrogen-bond donors (Lipinski definition) is 1. The Kier molecular flexibility index (Phi) is 4.01. The molecule has 0 bridgehead atoms. The molecule has 1 fully saturated rings. The summed E-state index contributed by atoms with van der Waals surface area (Å²) in [6.45, 7) is 5.17. The number of hydrogen-bond acceptors (Lipinski definition) is 3. The van der Waals surface area contributed by atoms with Crippen LogP contribution < -0.4 is 0 Å². The molecule has 1 aromatic heterocycles. The minimum Gasteiger partial charge on any atom is -0.393 e. The maximum Gasteiger partial charge on any atom is 0.247 e. The standard InChI is InChI=1S/C13H21N3O2/c1-10(16-7-3-6-14-16)13(18)15-8-4-12(5-9-15)11(2)17/h3,6-7,10-12,17H,4-5,8-9H2,1-2H3. The van der Waals surface area contributed by atoms with Gasteiger partial charge in [0, 0.05) is 25.5 Å². The highest BCUT2D eigenvalue weighted by Crippen LogP contribution is 2.22. The highest BCUT2D eigenvalue weighted by Gasteiger charge is 2.28. The quantitative estimate of drug-likeness (QED) is 0.874. The molecule has 0 aromatic carbocycles. The second-order valence-corrected chi connectivity index (χ2v) is 5.07. The van der Waals surface area contributed by atoms with Gasteiger partial charge in [0.1, 0.15) is 6.04 Å². The SMILES string of the molecule is CC(O)C1CCN(C(=O)C(C)n2cccn2)CC1.